The van der Waals surface area contributed by atoms with Gasteiger partial charge in [0, 0.05) is 12.6 Å². The van der Waals surface area contributed by atoms with Gasteiger partial charge in [0.15, 0.2) is 0 Å². The SMILES string of the molecule is CC1CCCN1C[C@@H](NC(=O)c1cccc(Cl)c1Cl)c1ccccc1. The fourth-order valence-corrected chi connectivity index (χ4v) is 3.72. The number of likely N-dealkylation sites (tertiary alicyclic amines) is 1. The number of hydrogen-bond donors (Lipinski definition) is 1. The molecule has 0 spiro atoms. The molecule has 2 atom stereocenters. The van der Waals surface area contributed by atoms with E-state index in [9.17, 15) is 4.79 Å². The number of hydrogen-bond acceptors (Lipinski definition) is 2. The van der Waals surface area contributed by atoms with Crippen LogP contribution in [-0.2, 0) is 0 Å². The van der Waals surface area contributed by atoms with Gasteiger partial charge in [0.2, 0.25) is 0 Å². The van der Waals surface area contributed by atoms with E-state index >= 15 is 0 Å². The molecule has 5 heteroatoms. The molecule has 25 heavy (non-hydrogen) atoms. The molecule has 0 radical (unpaired) electrons. The molecule has 1 saturated heterocycles. The van der Waals surface area contributed by atoms with E-state index in [0.717, 1.165) is 18.7 Å². The first-order valence-corrected chi connectivity index (χ1v) is 9.35. The van der Waals surface area contributed by atoms with E-state index in [1.54, 1.807) is 18.2 Å². The minimum atomic E-state index is -0.201. The van der Waals surface area contributed by atoms with Crippen LogP contribution in [0.3, 0.4) is 0 Å². The maximum Gasteiger partial charge on any atom is 0.253 e. The largest absolute Gasteiger partial charge is 0.344 e. The van der Waals surface area contributed by atoms with Gasteiger partial charge in [-0.1, -0.05) is 59.6 Å². The van der Waals surface area contributed by atoms with E-state index in [0.29, 0.717) is 21.7 Å². The number of nitrogens with zero attached hydrogens (tertiary/aromatic N) is 1. The second kappa shape index (κ2) is 8.22. The lowest BCUT2D eigenvalue weighted by Gasteiger charge is -2.28. The average Bonchev–Trinajstić information content (AvgIpc) is 3.02. The van der Waals surface area contributed by atoms with Crippen LogP contribution >= 0.6 is 23.2 Å². The Morgan fingerprint density at radius 2 is 1.96 bits per heavy atom. The molecule has 0 aliphatic carbocycles. The summed E-state index contributed by atoms with van der Waals surface area (Å²) in [5.74, 6) is -0.201. The molecule has 1 unspecified atom stereocenters. The molecule has 1 aliphatic rings. The van der Waals surface area contributed by atoms with Gasteiger partial charge in [0.25, 0.3) is 5.91 Å². The third kappa shape index (κ3) is 4.35. The monoisotopic (exact) mass is 376 g/mol. The standard InChI is InChI=1S/C20H22Cl2N2O/c1-14-7-6-12-24(14)13-18(15-8-3-2-4-9-15)23-20(25)16-10-5-11-17(21)19(16)22/h2-5,8-11,14,18H,6-7,12-13H2,1H3,(H,23,25)/t14?,18-/m1/s1. The van der Waals surface area contributed by atoms with Crippen molar-refractivity contribution in [3.05, 3.63) is 69.7 Å². The molecule has 2 aromatic rings. The number of carbonyl (C=O) groups excluding carboxylic acids is 1. The summed E-state index contributed by atoms with van der Waals surface area (Å²) in [5, 5.41) is 3.82. The second-order valence-electron chi connectivity index (χ2n) is 6.52. The zero-order chi connectivity index (χ0) is 17.8. The highest BCUT2D eigenvalue weighted by atomic mass is 35.5. The maximum atomic E-state index is 12.8. The number of benzene rings is 2. The van der Waals surface area contributed by atoms with E-state index in [1.807, 2.05) is 30.3 Å². The van der Waals surface area contributed by atoms with Gasteiger partial charge in [-0.2, -0.15) is 0 Å². The van der Waals surface area contributed by atoms with Gasteiger partial charge in [-0.05, 0) is 44.0 Å². The lowest BCUT2D eigenvalue weighted by atomic mass is 10.0. The molecule has 1 aliphatic heterocycles. The Balaban J connectivity index is 1.82. The second-order valence-corrected chi connectivity index (χ2v) is 7.31. The topological polar surface area (TPSA) is 32.3 Å². The molecular formula is C20H22Cl2N2O. The van der Waals surface area contributed by atoms with Gasteiger partial charge in [-0.3, -0.25) is 9.69 Å². The minimum absolute atomic E-state index is 0.0932. The van der Waals surface area contributed by atoms with Crippen molar-refractivity contribution >= 4 is 29.1 Å². The summed E-state index contributed by atoms with van der Waals surface area (Å²) in [7, 11) is 0. The third-order valence-electron chi connectivity index (χ3n) is 4.81. The summed E-state index contributed by atoms with van der Waals surface area (Å²) in [5.41, 5.74) is 1.50. The van der Waals surface area contributed by atoms with Crippen LogP contribution in [0.4, 0.5) is 0 Å². The highest BCUT2D eigenvalue weighted by Gasteiger charge is 2.26. The van der Waals surface area contributed by atoms with Crippen LogP contribution in [-0.4, -0.2) is 29.9 Å². The first-order chi connectivity index (χ1) is 12.1. The van der Waals surface area contributed by atoms with Crippen LogP contribution in [0.25, 0.3) is 0 Å². The molecule has 1 N–H and O–H groups in total. The Kier molecular flexibility index (Phi) is 6.00. The van der Waals surface area contributed by atoms with E-state index < -0.39 is 0 Å². The molecule has 0 bridgehead atoms. The van der Waals surface area contributed by atoms with Crippen LogP contribution in [0.15, 0.2) is 48.5 Å². The average molecular weight is 377 g/mol. The highest BCUT2D eigenvalue weighted by Crippen LogP contribution is 2.27. The summed E-state index contributed by atoms with van der Waals surface area (Å²) in [4.78, 5) is 15.2. The first kappa shape index (κ1) is 18.2. The van der Waals surface area contributed by atoms with Crippen molar-refractivity contribution in [2.24, 2.45) is 0 Å². The van der Waals surface area contributed by atoms with Gasteiger partial charge in [-0.25, -0.2) is 0 Å². The normalized spacial score (nSPS) is 18.9. The van der Waals surface area contributed by atoms with Gasteiger partial charge in [0.05, 0.1) is 21.7 Å². The van der Waals surface area contributed by atoms with Crippen LogP contribution in [0.2, 0.25) is 10.0 Å². The van der Waals surface area contributed by atoms with Crippen LogP contribution in [0, 0.1) is 0 Å². The Bertz CT molecular complexity index is 736. The lowest BCUT2D eigenvalue weighted by molar-refractivity contribution is 0.0923. The van der Waals surface area contributed by atoms with Crippen molar-refractivity contribution in [3.63, 3.8) is 0 Å². The van der Waals surface area contributed by atoms with E-state index in [2.05, 4.69) is 17.1 Å². The summed E-state index contributed by atoms with van der Waals surface area (Å²) in [6.07, 6.45) is 2.41. The van der Waals surface area contributed by atoms with Crippen molar-refractivity contribution in [2.45, 2.75) is 31.8 Å². The number of carbonyl (C=O) groups is 1. The van der Waals surface area contributed by atoms with Crippen LogP contribution < -0.4 is 5.32 Å². The van der Waals surface area contributed by atoms with Crippen LogP contribution in [0.5, 0.6) is 0 Å². The molecule has 0 saturated carbocycles. The number of nitrogens with one attached hydrogen (secondary N) is 1. The fraction of sp³-hybridized carbons (Fsp3) is 0.350. The molecule has 3 nitrogen and oxygen atoms in total. The predicted molar refractivity (Wildman–Crippen MR) is 103 cm³/mol. The quantitative estimate of drug-likeness (QED) is 0.800. The highest BCUT2D eigenvalue weighted by molar-refractivity contribution is 6.43. The van der Waals surface area contributed by atoms with Crippen molar-refractivity contribution in [3.8, 4) is 0 Å². The Morgan fingerprint density at radius 3 is 2.64 bits per heavy atom. The lowest BCUT2D eigenvalue weighted by Crippen LogP contribution is -2.39. The van der Waals surface area contributed by atoms with Crippen molar-refractivity contribution in [2.75, 3.05) is 13.1 Å². The van der Waals surface area contributed by atoms with Crippen LogP contribution in [0.1, 0.15) is 41.7 Å². The zero-order valence-electron chi connectivity index (χ0n) is 14.2. The fourth-order valence-electron chi connectivity index (χ4n) is 3.33. The third-order valence-corrected chi connectivity index (χ3v) is 5.63. The minimum Gasteiger partial charge on any atom is -0.344 e. The summed E-state index contributed by atoms with van der Waals surface area (Å²) in [6.45, 7) is 4.10. The molecule has 2 aromatic carbocycles. The molecule has 1 amide bonds. The summed E-state index contributed by atoms with van der Waals surface area (Å²) < 4.78 is 0. The molecular weight excluding hydrogens is 355 g/mol. The van der Waals surface area contributed by atoms with Gasteiger partial charge < -0.3 is 5.32 Å². The van der Waals surface area contributed by atoms with Crippen molar-refractivity contribution in [1.29, 1.82) is 0 Å². The smallest absolute Gasteiger partial charge is 0.253 e. The molecule has 132 valence electrons. The molecule has 0 aromatic heterocycles. The van der Waals surface area contributed by atoms with Crippen molar-refractivity contribution in [1.82, 2.24) is 10.2 Å². The number of amides is 1. The van der Waals surface area contributed by atoms with Crippen molar-refractivity contribution < 1.29 is 4.79 Å². The van der Waals surface area contributed by atoms with Gasteiger partial charge in [0.1, 0.15) is 0 Å². The van der Waals surface area contributed by atoms with E-state index in [-0.39, 0.29) is 11.9 Å². The summed E-state index contributed by atoms with van der Waals surface area (Å²) >= 11 is 12.3. The van der Waals surface area contributed by atoms with Gasteiger partial charge in [-0.15, -0.1) is 0 Å². The molecule has 3 rings (SSSR count). The van der Waals surface area contributed by atoms with E-state index in [1.165, 1.54) is 12.8 Å². The Morgan fingerprint density at radius 1 is 1.20 bits per heavy atom. The summed E-state index contributed by atoms with van der Waals surface area (Å²) in [6, 6.07) is 15.6. The Hall–Kier alpha value is -1.55. The Labute approximate surface area is 158 Å². The molecule has 1 heterocycles. The maximum absolute atomic E-state index is 12.8. The predicted octanol–water partition coefficient (Wildman–Crippen LogP) is 4.95. The van der Waals surface area contributed by atoms with Gasteiger partial charge >= 0.3 is 0 Å². The zero-order valence-corrected chi connectivity index (χ0v) is 15.7. The number of rotatable bonds is 5. The number of halogens is 2. The first-order valence-electron chi connectivity index (χ1n) is 8.60. The van der Waals surface area contributed by atoms with E-state index in [4.69, 9.17) is 23.2 Å². The molecule has 1 fully saturated rings.